The molecule has 27 heavy (non-hydrogen) atoms. The average molecular weight is 384 g/mol. The number of carbonyl (C=O) groups excluding carboxylic acids is 1. The van der Waals surface area contributed by atoms with Crippen molar-refractivity contribution < 1.29 is 9.18 Å². The number of hydrogen-bond acceptors (Lipinski definition) is 3. The molecule has 0 radical (unpaired) electrons. The molecule has 0 saturated carbocycles. The maximum atomic E-state index is 12.9. The molecule has 0 aliphatic rings. The van der Waals surface area contributed by atoms with Crippen molar-refractivity contribution in [3.05, 3.63) is 94.4 Å². The second kappa shape index (κ2) is 9.14. The molecule has 1 aromatic heterocycles. The summed E-state index contributed by atoms with van der Waals surface area (Å²) in [6.07, 6.45) is 2.28. The van der Waals surface area contributed by atoms with Gasteiger partial charge in [-0.15, -0.1) is 0 Å². The molecule has 0 unspecified atom stereocenters. The van der Waals surface area contributed by atoms with Gasteiger partial charge in [-0.05, 0) is 47.9 Å². The van der Waals surface area contributed by atoms with Gasteiger partial charge in [0, 0.05) is 24.3 Å². The fraction of sp³-hybridized carbons (Fsp3) is 0.143. The van der Waals surface area contributed by atoms with Crippen LogP contribution in [0, 0.1) is 5.82 Å². The molecule has 0 atom stereocenters. The number of nitrogens with zero attached hydrogens (tertiary/aromatic N) is 1. The molecule has 0 spiro atoms. The zero-order chi connectivity index (χ0) is 19.1. The first-order valence-corrected chi connectivity index (χ1v) is 8.95. The number of pyridine rings is 1. The molecule has 0 bridgehead atoms. The summed E-state index contributed by atoms with van der Waals surface area (Å²) in [5.74, 6) is 0.233. The third-order valence-electron chi connectivity index (χ3n) is 4.06. The number of amides is 1. The minimum absolute atomic E-state index is 0.208. The van der Waals surface area contributed by atoms with Gasteiger partial charge in [0.1, 0.15) is 11.6 Å². The van der Waals surface area contributed by atoms with Gasteiger partial charge in [0.25, 0.3) is 5.91 Å². The molecule has 2 N–H and O–H groups in total. The number of benzene rings is 2. The number of carbonyl (C=O) groups is 1. The summed E-state index contributed by atoms with van der Waals surface area (Å²) in [6, 6.07) is 17.3. The number of aromatic nitrogens is 1. The van der Waals surface area contributed by atoms with Crippen molar-refractivity contribution in [3.63, 3.8) is 0 Å². The van der Waals surface area contributed by atoms with Gasteiger partial charge in [-0.25, -0.2) is 9.37 Å². The van der Waals surface area contributed by atoms with Crippen molar-refractivity contribution in [1.29, 1.82) is 0 Å². The third kappa shape index (κ3) is 5.53. The fourth-order valence-electron chi connectivity index (χ4n) is 2.54. The lowest BCUT2D eigenvalue weighted by atomic mass is 10.1. The average Bonchev–Trinajstić information content (AvgIpc) is 2.69. The first kappa shape index (κ1) is 18.9. The SMILES string of the molecule is O=C(NCc1ccccc1Cl)c1ccc(NCCc2ccc(F)cc2)nc1. The molecule has 1 heterocycles. The lowest BCUT2D eigenvalue weighted by Gasteiger charge is -2.08. The highest BCUT2D eigenvalue weighted by Gasteiger charge is 2.07. The lowest BCUT2D eigenvalue weighted by Crippen LogP contribution is -2.23. The van der Waals surface area contributed by atoms with Crippen LogP contribution in [0.4, 0.5) is 10.2 Å². The van der Waals surface area contributed by atoms with E-state index in [0.29, 0.717) is 29.5 Å². The highest BCUT2D eigenvalue weighted by molar-refractivity contribution is 6.31. The maximum absolute atomic E-state index is 12.9. The zero-order valence-electron chi connectivity index (χ0n) is 14.6. The Morgan fingerprint density at radius 1 is 1.04 bits per heavy atom. The molecule has 0 aliphatic heterocycles. The van der Waals surface area contributed by atoms with E-state index in [1.807, 2.05) is 18.2 Å². The van der Waals surface area contributed by atoms with Crippen molar-refractivity contribution in [2.45, 2.75) is 13.0 Å². The fourth-order valence-corrected chi connectivity index (χ4v) is 2.74. The van der Waals surface area contributed by atoms with Crippen LogP contribution in [0.2, 0.25) is 5.02 Å². The van der Waals surface area contributed by atoms with Gasteiger partial charge >= 0.3 is 0 Å². The van der Waals surface area contributed by atoms with Crippen LogP contribution < -0.4 is 10.6 Å². The van der Waals surface area contributed by atoms with E-state index in [-0.39, 0.29) is 11.7 Å². The van der Waals surface area contributed by atoms with E-state index in [0.717, 1.165) is 17.5 Å². The zero-order valence-corrected chi connectivity index (χ0v) is 15.3. The molecular weight excluding hydrogens is 365 g/mol. The Labute approximate surface area is 162 Å². The van der Waals surface area contributed by atoms with Crippen LogP contribution in [0.3, 0.4) is 0 Å². The Morgan fingerprint density at radius 3 is 2.52 bits per heavy atom. The van der Waals surface area contributed by atoms with Gasteiger partial charge in [-0.2, -0.15) is 0 Å². The van der Waals surface area contributed by atoms with E-state index in [4.69, 9.17) is 11.6 Å². The van der Waals surface area contributed by atoms with E-state index in [1.54, 1.807) is 30.3 Å². The van der Waals surface area contributed by atoms with Crippen LogP contribution in [0.1, 0.15) is 21.5 Å². The summed E-state index contributed by atoms with van der Waals surface area (Å²) in [5, 5.41) is 6.64. The van der Waals surface area contributed by atoms with E-state index >= 15 is 0 Å². The van der Waals surface area contributed by atoms with Crippen LogP contribution in [0.25, 0.3) is 0 Å². The van der Waals surface area contributed by atoms with E-state index in [1.165, 1.54) is 18.3 Å². The van der Waals surface area contributed by atoms with Gasteiger partial charge in [-0.3, -0.25) is 4.79 Å². The summed E-state index contributed by atoms with van der Waals surface area (Å²) in [5.41, 5.74) is 2.38. The van der Waals surface area contributed by atoms with Crippen LogP contribution in [-0.2, 0) is 13.0 Å². The topological polar surface area (TPSA) is 54.0 Å². The molecule has 4 nitrogen and oxygen atoms in total. The second-order valence-electron chi connectivity index (χ2n) is 6.01. The second-order valence-corrected chi connectivity index (χ2v) is 6.42. The van der Waals surface area contributed by atoms with Gasteiger partial charge < -0.3 is 10.6 Å². The number of hydrogen-bond donors (Lipinski definition) is 2. The quantitative estimate of drug-likeness (QED) is 0.633. The summed E-state index contributed by atoms with van der Waals surface area (Å²) in [6.45, 7) is 1.02. The normalized spacial score (nSPS) is 10.4. The van der Waals surface area contributed by atoms with Gasteiger partial charge in [0.05, 0.1) is 5.56 Å². The molecule has 0 saturated heterocycles. The molecule has 6 heteroatoms. The van der Waals surface area contributed by atoms with Crippen LogP contribution >= 0.6 is 11.6 Å². The minimum Gasteiger partial charge on any atom is -0.370 e. The van der Waals surface area contributed by atoms with Gasteiger partial charge in [-0.1, -0.05) is 41.9 Å². The first-order valence-electron chi connectivity index (χ1n) is 8.58. The molecule has 2 aromatic carbocycles. The Balaban J connectivity index is 1.48. The lowest BCUT2D eigenvalue weighted by molar-refractivity contribution is 0.0950. The van der Waals surface area contributed by atoms with Gasteiger partial charge in [0.15, 0.2) is 0 Å². The van der Waals surface area contributed by atoms with Crippen LogP contribution in [0.15, 0.2) is 66.9 Å². The molecule has 138 valence electrons. The Bertz CT molecular complexity index is 898. The molecule has 0 fully saturated rings. The van der Waals surface area contributed by atoms with E-state index in [9.17, 15) is 9.18 Å². The molecular formula is C21H19ClFN3O. The predicted octanol–water partition coefficient (Wildman–Crippen LogP) is 4.46. The molecule has 0 aliphatic carbocycles. The molecule has 1 amide bonds. The smallest absolute Gasteiger partial charge is 0.253 e. The summed E-state index contributed by atoms with van der Waals surface area (Å²) >= 11 is 6.08. The van der Waals surface area contributed by atoms with Crippen LogP contribution in [0.5, 0.6) is 0 Å². The number of rotatable bonds is 7. The number of anilines is 1. The molecule has 3 aromatic rings. The van der Waals surface area contributed by atoms with E-state index in [2.05, 4.69) is 15.6 Å². The first-order chi connectivity index (χ1) is 13.1. The summed E-state index contributed by atoms with van der Waals surface area (Å²) < 4.78 is 12.9. The molecule has 3 rings (SSSR count). The number of halogens is 2. The minimum atomic E-state index is -0.239. The Kier molecular flexibility index (Phi) is 6.39. The Morgan fingerprint density at radius 2 is 1.81 bits per heavy atom. The third-order valence-corrected chi connectivity index (χ3v) is 4.42. The predicted molar refractivity (Wildman–Crippen MR) is 105 cm³/mol. The highest BCUT2D eigenvalue weighted by Crippen LogP contribution is 2.14. The summed E-state index contributed by atoms with van der Waals surface area (Å²) in [4.78, 5) is 16.5. The van der Waals surface area contributed by atoms with Crippen LogP contribution in [-0.4, -0.2) is 17.4 Å². The standard InChI is InChI=1S/C21H19ClFN3O/c22-19-4-2-1-3-16(19)13-26-21(27)17-7-10-20(25-14-17)24-12-11-15-5-8-18(23)9-6-15/h1-10,14H,11-13H2,(H,24,25)(H,26,27). The van der Waals surface area contributed by atoms with Crippen molar-refractivity contribution >= 4 is 23.3 Å². The number of nitrogens with one attached hydrogen (secondary N) is 2. The van der Waals surface area contributed by atoms with E-state index < -0.39 is 0 Å². The van der Waals surface area contributed by atoms with Crippen molar-refractivity contribution in [2.75, 3.05) is 11.9 Å². The van der Waals surface area contributed by atoms with Crippen molar-refractivity contribution in [3.8, 4) is 0 Å². The van der Waals surface area contributed by atoms with Crippen molar-refractivity contribution in [2.24, 2.45) is 0 Å². The monoisotopic (exact) mass is 383 g/mol. The largest absolute Gasteiger partial charge is 0.370 e. The Hall–Kier alpha value is -2.92. The van der Waals surface area contributed by atoms with Gasteiger partial charge in [0.2, 0.25) is 0 Å². The highest BCUT2D eigenvalue weighted by atomic mass is 35.5. The summed E-state index contributed by atoms with van der Waals surface area (Å²) in [7, 11) is 0. The van der Waals surface area contributed by atoms with Crippen molar-refractivity contribution in [1.82, 2.24) is 10.3 Å². The maximum Gasteiger partial charge on any atom is 0.253 e.